The van der Waals surface area contributed by atoms with E-state index in [4.69, 9.17) is 9.73 Å². The van der Waals surface area contributed by atoms with E-state index in [1.165, 1.54) is 0 Å². The van der Waals surface area contributed by atoms with Crippen LogP contribution in [0.5, 0.6) is 0 Å². The van der Waals surface area contributed by atoms with E-state index in [0.717, 1.165) is 54.7 Å². The molecule has 2 aromatic heterocycles. The number of aromatic nitrogens is 4. The van der Waals surface area contributed by atoms with Crippen molar-refractivity contribution in [3.8, 4) is 0 Å². The molecule has 182 valence electrons. The highest BCUT2D eigenvalue weighted by Crippen LogP contribution is 2.14. The molecular formula is C24H32IN7O2. The SMILES string of the molecule is CCNC(=NCc1ccc(Cn2ccccc2=O)cc1)NC1CCc2nc(COC)nn2C1.I. The lowest BCUT2D eigenvalue weighted by Crippen LogP contribution is -2.47. The lowest BCUT2D eigenvalue weighted by atomic mass is 10.1. The van der Waals surface area contributed by atoms with Gasteiger partial charge < -0.3 is 19.9 Å². The van der Waals surface area contributed by atoms with Crippen molar-refractivity contribution < 1.29 is 4.74 Å². The van der Waals surface area contributed by atoms with Crippen LogP contribution in [-0.2, 0) is 37.4 Å². The van der Waals surface area contributed by atoms with Crippen LogP contribution in [0.2, 0.25) is 0 Å². The smallest absolute Gasteiger partial charge is 0.250 e. The average Bonchev–Trinajstić information content (AvgIpc) is 3.22. The normalized spacial score (nSPS) is 15.4. The van der Waals surface area contributed by atoms with Gasteiger partial charge in [-0.3, -0.25) is 4.79 Å². The van der Waals surface area contributed by atoms with E-state index in [2.05, 4.69) is 51.9 Å². The number of guanidine groups is 1. The monoisotopic (exact) mass is 577 g/mol. The van der Waals surface area contributed by atoms with Gasteiger partial charge in [-0.25, -0.2) is 14.7 Å². The predicted octanol–water partition coefficient (Wildman–Crippen LogP) is 2.32. The number of hydrogen-bond donors (Lipinski definition) is 2. The number of rotatable bonds is 8. The molecule has 1 atom stereocenters. The average molecular weight is 577 g/mol. The van der Waals surface area contributed by atoms with E-state index in [0.29, 0.717) is 19.7 Å². The molecule has 0 spiro atoms. The summed E-state index contributed by atoms with van der Waals surface area (Å²) in [5, 5.41) is 11.4. The van der Waals surface area contributed by atoms with Crippen LogP contribution in [0.25, 0.3) is 0 Å². The second-order valence-electron chi connectivity index (χ2n) is 8.12. The van der Waals surface area contributed by atoms with Crippen LogP contribution in [0, 0.1) is 0 Å². The lowest BCUT2D eigenvalue weighted by molar-refractivity contribution is 0.177. The zero-order chi connectivity index (χ0) is 23.0. The first-order valence-corrected chi connectivity index (χ1v) is 11.3. The maximum atomic E-state index is 11.9. The Kier molecular flexibility index (Phi) is 9.63. The van der Waals surface area contributed by atoms with Crippen molar-refractivity contribution in [1.29, 1.82) is 0 Å². The minimum atomic E-state index is 0. The second-order valence-corrected chi connectivity index (χ2v) is 8.12. The van der Waals surface area contributed by atoms with Gasteiger partial charge in [-0.1, -0.05) is 30.3 Å². The Bertz CT molecular complexity index is 1140. The van der Waals surface area contributed by atoms with Crippen LogP contribution in [0.3, 0.4) is 0 Å². The van der Waals surface area contributed by atoms with Gasteiger partial charge in [0.15, 0.2) is 11.8 Å². The maximum Gasteiger partial charge on any atom is 0.250 e. The largest absolute Gasteiger partial charge is 0.377 e. The van der Waals surface area contributed by atoms with E-state index >= 15 is 0 Å². The molecule has 0 saturated carbocycles. The van der Waals surface area contributed by atoms with Crippen molar-refractivity contribution in [2.24, 2.45) is 4.99 Å². The Hall–Kier alpha value is -2.73. The van der Waals surface area contributed by atoms with Gasteiger partial charge in [0, 0.05) is 38.4 Å². The number of aliphatic imine (C=N–C) groups is 1. The van der Waals surface area contributed by atoms with Gasteiger partial charge in [0.05, 0.1) is 19.6 Å². The highest BCUT2D eigenvalue weighted by atomic mass is 127. The summed E-state index contributed by atoms with van der Waals surface area (Å²) in [5.41, 5.74) is 2.20. The molecule has 1 unspecified atom stereocenters. The Morgan fingerprint density at radius 3 is 2.74 bits per heavy atom. The van der Waals surface area contributed by atoms with Crippen LogP contribution in [0.1, 0.15) is 36.1 Å². The number of nitrogens with zero attached hydrogens (tertiary/aromatic N) is 5. The number of benzene rings is 1. The van der Waals surface area contributed by atoms with Gasteiger partial charge in [-0.2, -0.15) is 5.10 Å². The third kappa shape index (κ3) is 6.89. The molecule has 34 heavy (non-hydrogen) atoms. The number of pyridine rings is 1. The molecule has 1 aliphatic rings. The Labute approximate surface area is 216 Å². The molecule has 0 saturated heterocycles. The second kappa shape index (κ2) is 12.7. The summed E-state index contributed by atoms with van der Waals surface area (Å²) in [7, 11) is 1.65. The van der Waals surface area contributed by atoms with Gasteiger partial charge in [0.1, 0.15) is 12.4 Å². The molecule has 4 rings (SSSR count). The molecule has 3 aromatic rings. The summed E-state index contributed by atoms with van der Waals surface area (Å²) in [6.07, 6.45) is 3.66. The van der Waals surface area contributed by atoms with E-state index in [9.17, 15) is 4.79 Å². The quantitative estimate of drug-likeness (QED) is 0.243. The maximum absolute atomic E-state index is 11.9. The molecule has 9 nitrogen and oxygen atoms in total. The Morgan fingerprint density at radius 1 is 1.21 bits per heavy atom. The van der Waals surface area contributed by atoms with Gasteiger partial charge in [0.2, 0.25) is 0 Å². The summed E-state index contributed by atoms with van der Waals surface area (Å²) in [5.74, 6) is 2.54. The van der Waals surface area contributed by atoms with E-state index in [1.807, 2.05) is 10.7 Å². The van der Waals surface area contributed by atoms with Crippen molar-refractivity contribution in [1.82, 2.24) is 30.0 Å². The lowest BCUT2D eigenvalue weighted by Gasteiger charge is -2.25. The van der Waals surface area contributed by atoms with Crippen LogP contribution in [-0.4, -0.2) is 45.0 Å². The summed E-state index contributed by atoms with van der Waals surface area (Å²) < 4.78 is 8.81. The number of nitrogens with one attached hydrogen (secondary N) is 2. The molecular weight excluding hydrogens is 545 g/mol. The molecule has 0 aliphatic carbocycles. The first kappa shape index (κ1) is 25.9. The minimum absolute atomic E-state index is 0. The molecule has 0 fully saturated rings. The van der Waals surface area contributed by atoms with Crippen LogP contribution in [0.15, 0.2) is 58.4 Å². The highest BCUT2D eigenvalue weighted by molar-refractivity contribution is 14.0. The van der Waals surface area contributed by atoms with Crippen molar-refractivity contribution in [3.05, 3.63) is 81.8 Å². The van der Waals surface area contributed by atoms with Crippen molar-refractivity contribution >= 4 is 29.9 Å². The molecule has 1 aliphatic heterocycles. The van der Waals surface area contributed by atoms with Crippen LogP contribution < -0.4 is 16.2 Å². The third-order valence-electron chi connectivity index (χ3n) is 5.56. The molecule has 0 amide bonds. The zero-order valence-corrected chi connectivity index (χ0v) is 21.9. The molecule has 0 radical (unpaired) electrons. The molecule has 3 heterocycles. The van der Waals surface area contributed by atoms with Gasteiger partial charge in [-0.15, -0.1) is 24.0 Å². The number of hydrogen-bond acceptors (Lipinski definition) is 5. The molecule has 1 aromatic carbocycles. The third-order valence-corrected chi connectivity index (χ3v) is 5.56. The standard InChI is InChI=1S/C24H31N7O2.HI/c1-3-25-24(27-20-11-12-22-28-21(17-33-2)29-31(22)16-20)26-14-18-7-9-19(10-8-18)15-30-13-5-4-6-23(30)32;/h4-10,13,20H,3,11-12,14-17H2,1-2H3,(H2,25,26,27);1H. The van der Waals surface area contributed by atoms with Crippen molar-refractivity contribution in [3.63, 3.8) is 0 Å². The minimum Gasteiger partial charge on any atom is -0.377 e. The number of methoxy groups -OCH3 is 1. The fraction of sp³-hybridized carbons (Fsp3) is 0.417. The molecule has 10 heteroatoms. The summed E-state index contributed by atoms with van der Waals surface area (Å²) in [6.45, 7) is 5.17. The van der Waals surface area contributed by atoms with E-state index in [-0.39, 0.29) is 35.6 Å². The summed E-state index contributed by atoms with van der Waals surface area (Å²) in [6, 6.07) is 13.7. The molecule has 0 bridgehead atoms. The van der Waals surface area contributed by atoms with E-state index in [1.54, 1.807) is 30.0 Å². The number of aryl methyl sites for hydroxylation is 1. The summed E-state index contributed by atoms with van der Waals surface area (Å²) >= 11 is 0. The fourth-order valence-corrected chi connectivity index (χ4v) is 3.89. The number of fused-ring (bicyclic) bond motifs is 1. The first-order chi connectivity index (χ1) is 16.1. The highest BCUT2D eigenvalue weighted by Gasteiger charge is 2.22. The fourth-order valence-electron chi connectivity index (χ4n) is 3.89. The van der Waals surface area contributed by atoms with Crippen molar-refractivity contribution in [2.45, 2.75) is 52.0 Å². The Morgan fingerprint density at radius 2 is 2.00 bits per heavy atom. The van der Waals surface area contributed by atoms with Gasteiger partial charge in [-0.05, 0) is 30.5 Å². The first-order valence-electron chi connectivity index (χ1n) is 11.3. The number of halogens is 1. The van der Waals surface area contributed by atoms with Crippen LogP contribution >= 0.6 is 24.0 Å². The van der Waals surface area contributed by atoms with Gasteiger partial charge in [0.25, 0.3) is 5.56 Å². The number of ether oxygens (including phenoxy) is 1. The zero-order valence-electron chi connectivity index (χ0n) is 19.6. The molecule has 2 N–H and O–H groups in total. The van der Waals surface area contributed by atoms with E-state index < -0.39 is 0 Å². The summed E-state index contributed by atoms with van der Waals surface area (Å²) in [4.78, 5) is 21.2. The topological polar surface area (TPSA) is 98.4 Å². The Balaban J connectivity index is 0.00000324. The van der Waals surface area contributed by atoms with Crippen molar-refractivity contribution in [2.75, 3.05) is 13.7 Å². The van der Waals surface area contributed by atoms with Crippen LogP contribution in [0.4, 0.5) is 0 Å². The predicted molar refractivity (Wildman–Crippen MR) is 142 cm³/mol. The van der Waals surface area contributed by atoms with Gasteiger partial charge >= 0.3 is 0 Å².